The average Bonchev–Trinajstić information content (AvgIpc) is 2.90. The second-order valence-electron chi connectivity index (χ2n) is 5.01. The molecule has 2 aromatic carbocycles. The Morgan fingerprint density at radius 2 is 1.90 bits per heavy atom. The summed E-state index contributed by atoms with van der Waals surface area (Å²) in [6, 6.07) is 11.5. The van der Waals surface area contributed by atoms with E-state index in [4.69, 9.17) is 0 Å². The number of thiophene rings is 1. The van der Waals surface area contributed by atoms with E-state index < -0.39 is 0 Å². The third-order valence-corrected chi connectivity index (χ3v) is 5.68. The van der Waals surface area contributed by atoms with E-state index in [1.807, 2.05) is 31.3 Å². The van der Waals surface area contributed by atoms with E-state index in [9.17, 15) is 4.39 Å². The maximum Gasteiger partial charge on any atom is 0.131 e. The van der Waals surface area contributed by atoms with Crippen LogP contribution in [0.1, 0.15) is 22.7 Å². The van der Waals surface area contributed by atoms with E-state index in [2.05, 4.69) is 32.7 Å². The zero-order chi connectivity index (χ0) is 15.0. The molecular formula is C17H15BrFNS. The summed E-state index contributed by atoms with van der Waals surface area (Å²) in [6.07, 6.45) is 0. The fourth-order valence-electron chi connectivity index (χ4n) is 2.64. The molecule has 0 radical (unpaired) electrons. The lowest BCUT2D eigenvalue weighted by Gasteiger charge is -2.18. The molecule has 1 aromatic heterocycles. The SMILES string of the molecule is CNC(c1cccc(C)c1F)c1csc2c(Br)cccc12. The molecule has 1 heterocycles. The number of rotatable bonds is 3. The van der Waals surface area contributed by atoms with Gasteiger partial charge in [0.1, 0.15) is 5.82 Å². The van der Waals surface area contributed by atoms with E-state index in [0.29, 0.717) is 11.1 Å². The molecular weight excluding hydrogens is 349 g/mol. The second kappa shape index (κ2) is 5.87. The molecule has 4 heteroatoms. The number of aryl methyl sites for hydroxylation is 1. The minimum Gasteiger partial charge on any atom is -0.309 e. The Kier molecular flexibility index (Phi) is 4.11. The molecule has 0 fully saturated rings. The van der Waals surface area contributed by atoms with Crippen LogP contribution in [0.3, 0.4) is 0 Å². The van der Waals surface area contributed by atoms with Crippen molar-refractivity contribution in [2.75, 3.05) is 7.05 Å². The summed E-state index contributed by atoms with van der Waals surface area (Å²) in [5.41, 5.74) is 2.48. The molecule has 0 saturated heterocycles. The number of halogens is 2. The molecule has 0 amide bonds. The van der Waals surface area contributed by atoms with Crippen LogP contribution in [0.5, 0.6) is 0 Å². The summed E-state index contributed by atoms with van der Waals surface area (Å²) in [5.74, 6) is -0.133. The number of nitrogens with one attached hydrogen (secondary N) is 1. The van der Waals surface area contributed by atoms with Crippen molar-refractivity contribution < 1.29 is 4.39 Å². The molecule has 3 aromatic rings. The van der Waals surface area contributed by atoms with Gasteiger partial charge in [0, 0.05) is 14.7 Å². The zero-order valence-electron chi connectivity index (χ0n) is 11.8. The van der Waals surface area contributed by atoms with Crippen LogP contribution < -0.4 is 5.32 Å². The van der Waals surface area contributed by atoms with Crippen molar-refractivity contribution in [2.45, 2.75) is 13.0 Å². The summed E-state index contributed by atoms with van der Waals surface area (Å²) in [4.78, 5) is 0. The largest absolute Gasteiger partial charge is 0.309 e. The first-order valence-corrected chi connectivity index (χ1v) is 8.38. The van der Waals surface area contributed by atoms with Gasteiger partial charge in [0.25, 0.3) is 0 Å². The van der Waals surface area contributed by atoms with Gasteiger partial charge in [0.2, 0.25) is 0 Å². The molecule has 0 bridgehead atoms. The minimum atomic E-state index is -0.145. The highest BCUT2D eigenvalue weighted by Gasteiger charge is 2.20. The van der Waals surface area contributed by atoms with Crippen LogP contribution in [0.4, 0.5) is 4.39 Å². The smallest absolute Gasteiger partial charge is 0.131 e. The lowest BCUT2D eigenvalue weighted by molar-refractivity contribution is 0.571. The van der Waals surface area contributed by atoms with Crippen LogP contribution in [0.2, 0.25) is 0 Å². The molecule has 0 spiro atoms. The molecule has 0 saturated carbocycles. The number of fused-ring (bicyclic) bond motifs is 1. The molecule has 1 unspecified atom stereocenters. The van der Waals surface area contributed by atoms with Crippen molar-refractivity contribution in [3.63, 3.8) is 0 Å². The first-order valence-electron chi connectivity index (χ1n) is 6.71. The highest BCUT2D eigenvalue weighted by atomic mass is 79.9. The monoisotopic (exact) mass is 363 g/mol. The van der Waals surface area contributed by atoms with Gasteiger partial charge < -0.3 is 5.32 Å². The van der Waals surface area contributed by atoms with Crippen molar-refractivity contribution in [2.24, 2.45) is 0 Å². The van der Waals surface area contributed by atoms with Crippen LogP contribution >= 0.6 is 27.3 Å². The molecule has 0 aliphatic heterocycles. The van der Waals surface area contributed by atoms with Crippen LogP contribution in [0.15, 0.2) is 46.3 Å². The molecule has 21 heavy (non-hydrogen) atoms. The Hall–Kier alpha value is -1.23. The number of hydrogen-bond acceptors (Lipinski definition) is 2. The first kappa shape index (κ1) is 14.7. The van der Waals surface area contributed by atoms with E-state index in [-0.39, 0.29) is 11.9 Å². The molecule has 1 atom stereocenters. The Balaban J connectivity index is 2.19. The van der Waals surface area contributed by atoms with E-state index in [1.165, 1.54) is 4.70 Å². The Morgan fingerprint density at radius 3 is 2.67 bits per heavy atom. The topological polar surface area (TPSA) is 12.0 Å². The summed E-state index contributed by atoms with van der Waals surface area (Å²) in [5, 5.41) is 6.52. The van der Waals surface area contributed by atoms with Crippen LogP contribution in [0.25, 0.3) is 10.1 Å². The lowest BCUT2D eigenvalue weighted by Crippen LogP contribution is -2.19. The maximum absolute atomic E-state index is 14.5. The summed E-state index contributed by atoms with van der Waals surface area (Å²) in [6.45, 7) is 1.80. The van der Waals surface area contributed by atoms with Gasteiger partial charge in [-0.2, -0.15) is 0 Å². The molecule has 1 nitrogen and oxygen atoms in total. The van der Waals surface area contributed by atoms with Crippen LogP contribution in [0, 0.1) is 12.7 Å². The quantitative estimate of drug-likeness (QED) is 0.654. The van der Waals surface area contributed by atoms with Crippen molar-refractivity contribution >= 4 is 37.4 Å². The standard InChI is InChI=1S/C17H15BrFNS/c1-10-5-3-7-12(15(10)19)16(20-2)13-9-21-17-11(13)6-4-8-14(17)18/h3-9,16,20H,1-2H3. The van der Waals surface area contributed by atoms with Crippen molar-refractivity contribution in [1.82, 2.24) is 5.32 Å². The molecule has 0 aliphatic carbocycles. The van der Waals surface area contributed by atoms with Gasteiger partial charge in [-0.25, -0.2) is 4.39 Å². The molecule has 3 rings (SSSR count). The summed E-state index contributed by atoms with van der Waals surface area (Å²) >= 11 is 5.26. The fraction of sp³-hybridized carbons (Fsp3) is 0.176. The minimum absolute atomic E-state index is 0.133. The van der Waals surface area contributed by atoms with Crippen molar-refractivity contribution in [3.05, 3.63) is 68.8 Å². The molecule has 108 valence electrons. The summed E-state index contributed by atoms with van der Waals surface area (Å²) in [7, 11) is 1.87. The molecule has 1 N–H and O–H groups in total. The van der Waals surface area contributed by atoms with Gasteiger partial charge in [-0.1, -0.05) is 30.3 Å². The predicted octanol–water partition coefficient (Wildman–Crippen LogP) is 5.42. The highest BCUT2D eigenvalue weighted by Crippen LogP contribution is 2.37. The lowest BCUT2D eigenvalue weighted by atomic mass is 9.96. The maximum atomic E-state index is 14.5. The molecule has 0 aliphatic rings. The first-order chi connectivity index (χ1) is 10.1. The van der Waals surface area contributed by atoms with Crippen molar-refractivity contribution in [3.8, 4) is 0 Å². The second-order valence-corrected chi connectivity index (χ2v) is 6.74. The van der Waals surface area contributed by atoms with E-state index >= 15 is 0 Å². The van der Waals surface area contributed by atoms with Gasteiger partial charge >= 0.3 is 0 Å². The average molecular weight is 364 g/mol. The van der Waals surface area contributed by atoms with Gasteiger partial charge in [-0.15, -0.1) is 11.3 Å². The number of hydrogen-bond donors (Lipinski definition) is 1. The number of benzene rings is 2. The van der Waals surface area contributed by atoms with E-state index in [0.717, 1.165) is 15.4 Å². The highest BCUT2D eigenvalue weighted by molar-refractivity contribution is 9.10. The van der Waals surface area contributed by atoms with Gasteiger partial charge in [0.05, 0.1) is 6.04 Å². The zero-order valence-corrected chi connectivity index (χ0v) is 14.2. The fourth-order valence-corrected chi connectivity index (χ4v) is 4.28. The summed E-state index contributed by atoms with van der Waals surface area (Å²) < 4.78 is 16.7. The Bertz CT molecular complexity index is 797. The predicted molar refractivity (Wildman–Crippen MR) is 91.6 cm³/mol. The third kappa shape index (κ3) is 2.52. The van der Waals surface area contributed by atoms with Gasteiger partial charge in [0.15, 0.2) is 0 Å². The normalized spacial score (nSPS) is 12.8. The van der Waals surface area contributed by atoms with Gasteiger partial charge in [-0.05, 0) is 57.9 Å². The third-order valence-electron chi connectivity index (χ3n) is 3.71. The van der Waals surface area contributed by atoms with E-state index in [1.54, 1.807) is 24.3 Å². The van der Waals surface area contributed by atoms with Crippen LogP contribution in [-0.2, 0) is 0 Å². The Labute approximate surface area is 135 Å². The Morgan fingerprint density at radius 1 is 1.14 bits per heavy atom. The van der Waals surface area contributed by atoms with Crippen LogP contribution in [-0.4, -0.2) is 7.05 Å². The van der Waals surface area contributed by atoms with Crippen molar-refractivity contribution in [1.29, 1.82) is 0 Å². The van der Waals surface area contributed by atoms with Gasteiger partial charge in [-0.3, -0.25) is 0 Å².